The quantitative estimate of drug-likeness (QED) is 0.772. The Balaban J connectivity index is 2.10. The van der Waals surface area contributed by atoms with Crippen molar-refractivity contribution < 1.29 is 4.79 Å². The van der Waals surface area contributed by atoms with Crippen molar-refractivity contribution >= 4 is 17.4 Å². The lowest BCUT2D eigenvalue weighted by Gasteiger charge is -2.32. The Bertz CT molecular complexity index is 429. The van der Waals surface area contributed by atoms with Gasteiger partial charge in [0.2, 0.25) is 0 Å². The summed E-state index contributed by atoms with van der Waals surface area (Å²) in [5, 5.41) is 0.754. The SMILES string of the molecule is CC(c1ccc(Cl)cc1)N(C)C1CCCCCC1=O. The highest BCUT2D eigenvalue weighted by atomic mass is 35.5. The van der Waals surface area contributed by atoms with E-state index in [1.807, 2.05) is 24.3 Å². The van der Waals surface area contributed by atoms with E-state index in [9.17, 15) is 4.79 Å². The fourth-order valence-electron chi connectivity index (χ4n) is 2.82. The highest BCUT2D eigenvalue weighted by Crippen LogP contribution is 2.27. The maximum atomic E-state index is 12.2. The highest BCUT2D eigenvalue weighted by molar-refractivity contribution is 6.30. The van der Waals surface area contributed by atoms with Gasteiger partial charge < -0.3 is 0 Å². The zero-order valence-electron chi connectivity index (χ0n) is 11.7. The molecule has 104 valence electrons. The lowest BCUT2D eigenvalue weighted by atomic mass is 10.0. The molecule has 1 aliphatic rings. The summed E-state index contributed by atoms with van der Waals surface area (Å²) in [4.78, 5) is 14.4. The van der Waals surface area contributed by atoms with E-state index in [2.05, 4.69) is 18.9 Å². The van der Waals surface area contributed by atoms with Gasteiger partial charge in [0.15, 0.2) is 0 Å². The molecule has 19 heavy (non-hydrogen) atoms. The molecule has 1 aromatic rings. The second kappa shape index (κ2) is 6.53. The molecule has 1 saturated carbocycles. The summed E-state index contributed by atoms with van der Waals surface area (Å²) < 4.78 is 0. The molecule has 0 aliphatic heterocycles. The monoisotopic (exact) mass is 279 g/mol. The zero-order chi connectivity index (χ0) is 13.8. The van der Waals surface area contributed by atoms with Gasteiger partial charge >= 0.3 is 0 Å². The van der Waals surface area contributed by atoms with E-state index in [0.717, 1.165) is 30.7 Å². The molecule has 1 fully saturated rings. The summed E-state index contributed by atoms with van der Waals surface area (Å²) in [6, 6.07) is 8.24. The Morgan fingerprint density at radius 3 is 2.58 bits per heavy atom. The Labute approximate surface area is 120 Å². The van der Waals surface area contributed by atoms with Crippen LogP contribution in [-0.4, -0.2) is 23.8 Å². The average molecular weight is 280 g/mol. The van der Waals surface area contributed by atoms with Crippen LogP contribution in [-0.2, 0) is 4.79 Å². The van der Waals surface area contributed by atoms with Crippen LogP contribution in [0.15, 0.2) is 24.3 Å². The van der Waals surface area contributed by atoms with Gasteiger partial charge in [0.25, 0.3) is 0 Å². The largest absolute Gasteiger partial charge is 0.298 e. The second-order valence-electron chi connectivity index (χ2n) is 5.47. The Morgan fingerprint density at radius 2 is 1.89 bits per heavy atom. The third kappa shape index (κ3) is 3.58. The van der Waals surface area contributed by atoms with Crippen LogP contribution in [0.1, 0.15) is 50.6 Å². The van der Waals surface area contributed by atoms with E-state index in [0.29, 0.717) is 5.78 Å². The number of benzene rings is 1. The van der Waals surface area contributed by atoms with Crippen LogP contribution >= 0.6 is 11.6 Å². The van der Waals surface area contributed by atoms with Gasteiger partial charge in [0, 0.05) is 17.5 Å². The van der Waals surface area contributed by atoms with Crippen molar-refractivity contribution in [2.45, 2.75) is 51.1 Å². The molecule has 2 nitrogen and oxygen atoms in total. The normalized spacial score (nSPS) is 22.3. The molecule has 0 aromatic heterocycles. The van der Waals surface area contributed by atoms with Gasteiger partial charge in [-0.05, 0) is 44.5 Å². The fraction of sp³-hybridized carbons (Fsp3) is 0.562. The number of carbonyl (C=O) groups is 1. The summed E-state index contributed by atoms with van der Waals surface area (Å²) in [6.45, 7) is 2.15. The number of likely N-dealkylation sites (N-methyl/N-ethyl adjacent to an activating group) is 1. The van der Waals surface area contributed by atoms with Crippen LogP contribution in [0.4, 0.5) is 0 Å². The first kappa shape index (κ1) is 14.5. The number of halogens is 1. The molecule has 0 amide bonds. The summed E-state index contributed by atoms with van der Waals surface area (Å²) in [7, 11) is 2.06. The second-order valence-corrected chi connectivity index (χ2v) is 5.91. The van der Waals surface area contributed by atoms with E-state index in [1.165, 1.54) is 12.0 Å². The van der Waals surface area contributed by atoms with Crippen LogP contribution in [0.25, 0.3) is 0 Å². The van der Waals surface area contributed by atoms with Gasteiger partial charge in [0.1, 0.15) is 5.78 Å². The number of nitrogens with zero attached hydrogens (tertiary/aromatic N) is 1. The van der Waals surface area contributed by atoms with Crippen LogP contribution in [0.3, 0.4) is 0 Å². The van der Waals surface area contributed by atoms with Crippen molar-refractivity contribution in [2.24, 2.45) is 0 Å². The van der Waals surface area contributed by atoms with Crippen LogP contribution < -0.4 is 0 Å². The lowest BCUT2D eigenvalue weighted by molar-refractivity contribution is -0.124. The van der Waals surface area contributed by atoms with E-state index in [-0.39, 0.29) is 12.1 Å². The van der Waals surface area contributed by atoms with Crippen molar-refractivity contribution in [3.05, 3.63) is 34.9 Å². The minimum absolute atomic E-state index is 0.0770. The molecule has 2 atom stereocenters. The third-order valence-corrected chi connectivity index (χ3v) is 4.48. The van der Waals surface area contributed by atoms with Crippen molar-refractivity contribution in [3.8, 4) is 0 Å². The van der Waals surface area contributed by atoms with Gasteiger partial charge in [-0.1, -0.05) is 36.6 Å². The molecule has 2 unspecified atom stereocenters. The Hall–Kier alpha value is -0.860. The van der Waals surface area contributed by atoms with Crippen molar-refractivity contribution in [1.82, 2.24) is 4.90 Å². The predicted octanol–water partition coefficient (Wildman–Crippen LogP) is 4.23. The van der Waals surface area contributed by atoms with Gasteiger partial charge in [-0.2, -0.15) is 0 Å². The van der Waals surface area contributed by atoms with E-state index >= 15 is 0 Å². The summed E-state index contributed by atoms with van der Waals surface area (Å²) in [5.41, 5.74) is 1.21. The van der Waals surface area contributed by atoms with Crippen LogP contribution in [0.5, 0.6) is 0 Å². The molecular weight excluding hydrogens is 258 g/mol. The number of ketones is 1. The van der Waals surface area contributed by atoms with E-state index in [4.69, 9.17) is 11.6 Å². The van der Waals surface area contributed by atoms with Gasteiger partial charge in [-0.15, -0.1) is 0 Å². The fourth-order valence-corrected chi connectivity index (χ4v) is 2.94. The molecule has 1 aromatic carbocycles. The molecule has 1 aliphatic carbocycles. The molecular formula is C16H22ClNO. The molecule has 0 saturated heterocycles. The maximum absolute atomic E-state index is 12.2. The van der Waals surface area contributed by atoms with E-state index < -0.39 is 0 Å². The molecule has 3 heteroatoms. The number of hydrogen-bond acceptors (Lipinski definition) is 2. The predicted molar refractivity (Wildman–Crippen MR) is 79.5 cm³/mol. The van der Waals surface area contributed by atoms with Crippen LogP contribution in [0, 0.1) is 0 Å². The number of Topliss-reactive ketones (excluding diaryl/α,β-unsaturated/α-hetero) is 1. The minimum atomic E-state index is 0.0770. The van der Waals surface area contributed by atoms with Crippen LogP contribution in [0.2, 0.25) is 5.02 Å². The minimum Gasteiger partial charge on any atom is -0.298 e. The molecule has 0 heterocycles. The number of carbonyl (C=O) groups excluding carboxylic acids is 1. The third-order valence-electron chi connectivity index (χ3n) is 4.23. The molecule has 0 radical (unpaired) electrons. The first-order valence-corrected chi connectivity index (χ1v) is 7.47. The molecule has 0 bridgehead atoms. The standard InChI is InChI=1S/C16H22ClNO/c1-12(13-8-10-14(17)11-9-13)18(2)15-6-4-3-5-7-16(15)19/h8-12,15H,3-7H2,1-2H3. The summed E-state index contributed by atoms with van der Waals surface area (Å²) in [5.74, 6) is 0.404. The molecule has 0 N–H and O–H groups in total. The maximum Gasteiger partial charge on any atom is 0.149 e. The van der Waals surface area contributed by atoms with Gasteiger partial charge in [-0.3, -0.25) is 9.69 Å². The molecule has 2 rings (SSSR count). The van der Waals surface area contributed by atoms with E-state index in [1.54, 1.807) is 0 Å². The number of rotatable bonds is 3. The van der Waals surface area contributed by atoms with Crippen molar-refractivity contribution in [1.29, 1.82) is 0 Å². The highest BCUT2D eigenvalue weighted by Gasteiger charge is 2.27. The molecule has 0 spiro atoms. The first-order valence-electron chi connectivity index (χ1n) is 7.09. The lowest BCUT2D eigenvalue weighted by Crippen LogP contribution is -2.39. The average Bonchev–Trinajstić information content (AvgIpc) is 2.63. The Kier molecular flexibility index (Phi) is 5.00. The Morgan fingerprint density at radius 1 is 1.21 bits per heavy atom. The van der Waals surface area contributed by atoms with Gasteiger partial charge in [-0.25, -0.2) is 0 Å². The first-order chi connectivity index (χ1) is 9.09. The van der Waals surface area contributed by atoms with Gasteiger partial charge in [0.05, 0.1) is 6.04 Å². The smallest absolute Gasteiger partial charge is 0.149 e. The summed E-state index contributed by atoms with van der Waals surface area (Å²) >= 11 is 5.92. The number of hydrogen-bond donors (Lipinski definition) is 0. The van der Waals surface area contributed by atoms with Crippen molar-refractivity contribution in [2.75, 3.05) is 7.05 Å². The summed E-state index contributed by atoms with van der Waals surface area (Å²) in [6.07, 6.45) is 5.13. The topological polar surface area (TPSA) is 20.3 Å². The van der Waals surface area contributed by atoms with Crippen molar-refractivity contribution in [3.63, 3.8) is 0 Å². The zero-order valence-corrected chi connectivity index (χ0v) is 12.5.